The van der Waals surface area contributed by atoms with Gasteiger partial charge in [0.15, 0.2) is 5.84 Å². The molecule has 7 nitrogen and oxygen atoms in total. The van der Waals surface area contributed by atoms with Crippen molar-refractivity contribution in [3.63, 3.8) is 0 Å². The maximum atomic E-state index is 13.3. The third-order valence-electron chi connectivity index (χ3n) is 3.84. The Morgan fingerprint density at radius 1 is 1.25 bits per heavy atom. The lowest BCUT2D eigenvalue weighted by Gasteiger charge is -2.32. The van der Waals surface area contributed by atoms with Gasteiger partial charge in [-0.05, 0) is 31.4 Å². The van der Waals surface area contributed by atoms with Crippen LogP contribution in [0.3, 0.4) is 0 Å². The Hall–Kier alpha value is -1.85. The van der Waals surface area contributed by atoms with Crippen LogP contribution < -0.4 is 27.2 Å². The first kappa shape index (κ1) is 18.5. The first-order chi connectivity index (χ1) is 11.3. The molecule has 0 aromatic heterocycles. The zero-order chi connectivity index (χ0) is 17.9. The molecule has 1 atom stereocenters. The molecule has 1 saturated heterocycles. The molecule has 0 amide bonds. The van der Waals surface area contributed by atoms with Gasteiger partial charge >= 0.3 is 6.18 Å². The van der Waals surface area contributed by atoms with Crippen LogP contribution in [0.25, 0.3) is 0 Å². The highest BCUT2D eigenvalue weighted by Gasteiger charge is 2.38. The van der Waals surface area contributed by atoms with Crippen LogP contribution in [0.4, 0.5) is 18.9 Å². The number of amidine groups is 1. The fourth-order valence-electron chi connectivity index (χ4n) is 2.81. The highest BCUT2D eigenvalue weighted by Crippen LogP contribution is 2.38. The molecule has 0 spiro atoms. The van der Waals surface area contributed by atoms with E-state index < -0.39 is 27.6 Å². The minimum atomic E-state index is -4.73. The number of nitrogens with one attached hydrogen (secondary N) is 1. The van der Waals surface area contributed by atoms with E-state index in [0.717, 1.165) is 25.3 Å². The fraction of sp³-hybridized carbons (Fsp3) is 0.462. The van der Waals surface area contributed by atoms with Crippen LogP contribution in [0.2, 0.25) is 0 Å². The molecule has 0 bridgehead atoms. The summed E-state index contributed by atoms with van der Waals surface area (Å²) in [7, 11) is -2.42. The first-order valence-electron chi connectivity index (χ1n) is 7.21. The Labute approximate surface area is 139 Å². The monoisotopic (exact) mass is 364 g/mol. The molecule has 11 heteroatoms. The third-order valence-corrected chi connectivity index (χ3v) is 4.67. The second kappa shape index (κ2) is 7.36. The summed E-state index contributed by atoms with van der Waals surface area (Å²) >= 11 is 0. The van der Waals surface area contributed by atoms with Gasteiger partial charge in [-0.15, -0.1) is 0 Å². The number of halogens is 3. The number of hydrazine groups is 1. The zero-order valence-corrected chi connectivity index (χ0v) is 13.6. The van der Waals surface area contributed by atoms with Crippen molar-refractivity contribution < 1.29 is 17.4 Å². The zero-order valence-electron chi connectivity index (χ0n) is 12.8. The van der Waals surface area contributed by atoms with Gasteiger partial charge in [-0.25, -0.2) is 15.2 Å². The number of nitrogens with two attached hydrogens (primary N) is 3. The standard InChI is InChI=1S/C13H19F3N6OS/c14-13(15,16)8-4-5-9(22-6-2-1-3-7-22)10(11(8)24(19)23)12(20-17)21-18/h4-5H,1-3,6-7,17-19H2,(H,20,21). The number of hydrogen-bond acceptors (Lipinski definition) is 5. The summed E-state index contributed by atoms with van der Waals surface area (Å²) in [5, 5.41) is 8.74. The molecule has 1 aliphatic rings. The topological polar surface area (TPSA) is 123 Å². The Bertz CT molecular complexity index is 658. The summed E-state index contributed by atoms with van der Waals surface area (Å²) in [4.78, 5) is 1.30. The van der Waals surface area contributed by atoms with Gasteiger partial charge in [-0.2, -0.15) is 18.3 Å². The summed E-state index contributed by atoms with van der Waals surface area (Å²) < 4.78 is 51.8. The number of hydrazone groups is 1. The quantitative estimate of drug-likeness (QED) is 0.273. The summed E-state index contributed by atoms with van der Waals surface area (Å²) in [6.45, 7) is 1.30. The minimum absolute atomic E-state index is 0.0856. The third kappa shape index (κ3) is 3.62. The average molecular weight is 364 g/mol. The molecule has 24 heavy (non-hydrogen) atoms. The van der Waals surface area contributed by atoms with E-state index in [9.17, 15) is 17.4 Å². The molecule has 0 saturated carbocycles. The number of anilines is 1. The van der Waals surface area contributed by atoms with Crippen LogP contribution >= 0.6 is 0 Å². The normalized spacial score (nSPS) is 17.7. The lowest BCUT2D eigenvalue weighted by molar-refractivity contribution is -0.139. The van der Waals surface area contributed by atoms with Gasteiger partial charge in [0.1, 0.15) is 11.0 Å². The van der Waals surface area contributed by atoms with Crippen LogP contribution in [-0.2, 0) is 17.2 Å². The number of rotatable bonds is 3. The number of nitrogens with zero attached hydrogens (tertiary/aromatic N) is 2. The SMILES string of the molecule is N/N=C(\NN)c1c(N2CCCCC2)ccc(C(F)(F)F)c1S(N)=O. The second-order valence-electron chi connectivity index (χ2n) is 5.30. The van der Waals surface area contributed by atoms with Crippen molar-refractivity contribution in [2.24, 2.45) is 21.9 Å². The highest BCUT2D eigenvalue weighted by molar-refractivity contribution is 7.82. The molecule has 1 fully saturated rings. The molecule has 1 unspecified atom stereocenters. The van der Waals surface area contributed by atoms with Crippen molar-refractivity contribution in [3.05, 3.63) is 23.3 Å². The molecule has 1 aromatic rings. The van der Waals surface area contributed by atoms with Gasteiger partial charge in [0, 0.05) is 18.8 Å². The van der Waals surface area contributed by atoms with Crippen LogP contribution in [0.15, 0.2) is 22.1 Å². The largest absolute Gasteiger partial charge is 0.417 e. The Morgan fingerprint density at radius 3 is 2.33 bits per heavy atom. The molecule has 134 valence electrons. The first-order valence-corrected chi connectivity index (χ1v) is 8.42. The maximum absolute atomic E-state index is 13.3. The minimum Gasteiger partial charge on any atom is -0.371 e. The number of hydrogen-bond donors (Lipinski definition) is 4. The predicted octanol–water partition coefficient (Wildman–Crippen LogP) is 0.761. The van der Waals surface area contributed by atoms with Gasteiger partial charge in [0.25, 0.3) is 0 Å². The van der Waals surface area contributed by atoms with Crippen LogP contribution in [0, 0.1) is 0 Å². The van der Waals surface area contributed by atoms with Crippen molar-refractivity contribution in [2.75, 3.05) is 18.0 Å². The Balaban J connectivity index is 2.76. The maximum Gasteiger partial charge on any atom is 0.417 e. The number of alkyl halides is 3. The van der Waals surface area contributed by atoms with Gasteiger partial charge < -0.3 is 16.2 Å². The van der Waals surface area contributed by atoms with Crippen molar-refractivity contribution >= 4 is 22.5 Å². The van der Waals surface area contributed by atoms with Gasteiger partial charge in [0.05, 0.1) is 16.0 Å². The number of benzene rings is 1. The molecular formula is C13H19F3N6OS. The summed E-state index contributed by atoms with van der Waals surface area (Å²) in [6, 6.07) is 2.18. The van der Waals surface area contributed by atoms with Crippen LogP contribution in [0.5, 0.6) is 0 Å². The fourth-order valence-corrected chi connectivity index (χ4v) is 3.61. The molecule has 2 rings (SSSR count). The van der Waals surface area contributed by atoms with Crippen molar-refractivity contribution in [3.8, 4) is 0 Å². The molecule has 1 aliphatic heterocycles. The summed E-state index contributed by atoms with van der Waals surface area (Å²) in [5.74, 6) is 10.4. The lowest BCUT2D eigenvalue weighted by Crippen LogP contribution is -2.37. The van der Waals surface area contributed by atoms with Crippen LogP contribution in [0.1, 0.15) is 30.4 Å². The molecular weight excluding hydrogens is 345 g/mol. The average Bonchev–Trinajstić information content (AvgIpc) is 2.55. The van der Waals surface area contributed by atoms with E-state index in [0.29, 0.717) is 18.8 Å². The van der Waals surface area contributed by atoms with E-state index in [1.807, 2.05) is 4.90 Å². The van der Waals surface area contributed by atoms with Crippen molar-refractivity contribution in [1.82, 2.24) is 5.43 Å². The summed E-state index contributed by atoms with van der Waals surface area (Å²) in [6.07, 6.45) is -1.90. The number of piperidine rings is 1. The van der Waals surface area contributed by atoms with E-state index in [2.05, 4.69) is 10.5 Å². The molecule has 1 heterocycles. The van der Waals surface area contributed by atoms with Crippen molar-refractivity contribution in [1.29, 1.82) is 0 Å². The van der Waals surface area contributed by atoms with Crippen LogP contribution in [-0.4, -0.2) is 23.1 Å². The predicted molar refractivity (Wildman–Crippen MR) is 86.2 cm³/mol. The second-order valence-corrected chi connectivity index (χ2v) is 6.30. The van der Waals surface area contributed by atoms with E-state index in [4.69, 9.17) is 16.8 Å². The Kier molecular flexibility index (Phi) is 5.67. The molecule has 0 radical (unpaired) electrons. The smallest absolute Gasteiger partial charge is 0.371 e. The highest BCUT2D eigenvalue weighted by atomic mass is 32.2. The molecule has 1 aromatic carbocycles. The van der Waals surface area contributed by atoms with E-state index in [1.54, 1.807) is 0 Å². The van der Waals surface area contributed by atoms with E-state index >= 15 is 0 Å². The van der Waals surface area contributed by atoms with Crippen molar-refractivity contribution in [2.45, 2.75) is 30.3 Å². The summed E-state index contributed by atoms with van der Waals surface area (Å²) in [5.41, 5.74) is 1.39. The molecule has 7 N–H and O–H groups in total. The van der Waals surface area contributed by atoms with E-state index in [-0.39, 0.29) is 11.4 Å². The van der Waals surface area contributed by atoms with Gasteiger partial charge in [-0.1, -0.05) is 0 Å². The lowest BCUT2D eigenvalue weighted by atomic mass is 10.0. The van der Waals surface area contributed by atoms with E-state index in [1.165, 1.54) is 6.07 Å². The van der Waals surface area contributed by atoms with Gasteiger partial charge in [-0.3, -0.25) is 0 Å². The Morgan fingerprint density at radius 2 is 1.88 bits per heavy atom. The molecule has 0 aliphatic carbocycles. The van der Waals surface area contributed by atoms with Gasteiger partial charge in [0.2, 0.25) is 0 Å².